The minimum absolute atomic E-state index is 0.0906. The van der Waals surface area contributed by atoms with E-state index in [-0.39, 0.29) is 18.1 Å². The first kappa shape index (κ1) is 13.2. The summed E-state index contributed by atoms with van der Waals surface area (Å²) < 4.78 is 13.4. The van der Waals surface area contributed by atoms with Crippen molar-refractivity contribution in [2.45, 2.75) is 19.4 Å². The van der Waals surface area contributed by atoms with Crippen molar-refractivity contribution in [2.75, 3.05) is 0 Å². The number of aromatic nitrogens is 1. The van der Waals surface area contributed by atoms with Crippen LogP contribution in [0.4, 0.5) is 4.39 Å². The summed E-state index contributed by atoms with van der Waals surface area (Å²) in [6.45, 7) is 0.448. The van der Waals surface area contributed by atoms with Crippen LogP contribution in [0.1, 0.15) is 17.5 Å². The first-order chi connectivity index (χ1) is 9.25. The predicted molar refractivity (Wildman–Crippen MR) is 70.8 cm³/mol. The van der Waals surface area contributed by atoms with Crippen molar-refractivity contribution in [3.63, 3.8) is 0 Å². The molecule has 3 nitrogen and oxygen atoms in total. The predicted octanol–water partition coefficient (Wildman–Crippen LogP) is 2.47. The summed E-state index contributed by atoms with van der Waals surface area (Å²) in [6, 6.07) is 10.2. The van der Waals surface area contributed by atoms with Crippen LogP contribution in [-0.4, -0.2) is 10.9 Å². The van der Waals surface area contributed by atoms with Gasteiger partial charge in [0.1, 0.15) is 5.82 Å². The van der Waals surface area contributed by atoms with Gasteiger partial charge in [0.15, 0.2) is 0 Å². The molecule has 1 N–H and O–H groups in total. The monoisotopic (exact) mass is 258 g/mol. The Morgan fingerprint density at radius 2 is 2.05 bits per heavy atom. The highest BCUT2D eigenvalue weighted by atomic mass is 19.1. The van der Waals surface area contributed by atoms with Gasteiger partial charge in [0, 0.05) is 25.4 Å². The third-order valence-corrected chi connectivity index (χ3v) is 2.79. The standard InChI is InChI=1S/C15H15FN2O/c16-14-6-2-1-5-13(14)7-8-15(19)18-11-12-4-3-9-17-10-12/h1-6,9-10H,7-8,11H2,(H,18,19). The fourth-order valence-corrected chi connectivity index (χ4v) is 1.74. The number of aryl methyl sites for hydroxylation is 1. The van der Waals surface area contributed by atoms with Crippen LogP contribution in [0.15, 0.2) is 48.8 Å². The summed E-state index contributed by atoms with van der Waals surface area (Å²) in [7, 11) is 0. The number of hydrogen-bond donors (Lipinski definition) is 1. The summed E-state index contributed by atoms with van der Waals surface area (Å²) in [5, 5.41) is 2.79. The fourth-order valence-electron chi connectivity index (χ4n) is 1.74. The molecular weight excluding hydrogens is 243 g/mol. The minimum atomic E-state index is -0.262. The second-order valence-electron chi connectivity index (χ2n) is 4.23. The van der Waals surface area contributed by atoms with E-state index >= 15 is 0 Å². The second-order valence-corrected chi connectivity index (χ2v) is 4.23. The zero-order valence-corrected chi connectivity index (χ0v) is 10.5. The largest absolute Gasteiger partial charge is 0.352 e. The van der Waals surface area contributed by atoms with Gasteiger partial charge < -0.3 is 5.32 Å². The number of carbonyl (C=O) groups excluding carboxylic acids is 1. The molecule has 0 saturated carbocycles. The molecule has 1 aromatic heterocycles. The van der Waals surface area contributed by atoms with Crippen molar-refractivity contribution in [2.24, 2.45) is 0 Å². The van der Waals surface area contributed by atoms with Gasteiger partial charge in [-0.25, -0.2) is 4.39 Å². The first-order valence-corrected chi connectivity index (χ1v) is 6.15. The molecule has 98 valence electrons. The van der Waals surface area contributed by atoms with E-state index in [0.717, 1.165) is 5.56 Å². The Bertz CT molecular complexity index is 543. The molecule has 0 bridgehead atoms. The fraction of sp³-hybridized carbons (Fsp3) is 0.200. The van der Waals surface area contributed by atoms with Gasteiger partial charge in [-0.2, -0.15) is 0 Å². The van der Waals surface area contributed by atoms with Crippen LogP contribution in [0.25, 0.3) is 0 Å². The van der Waals surface area contributed by atoms with Crippen LogP contribution in [-0.2, 0) is 17.8 Å². The quantitative estimate of drug-likeness (QED) is 0.895. The lowest BCUT2D eigenvalue weighted by atomic mass is 10.1. The first-order valence-electron chi connectivity index (χ1n) is 6.15. The highest BCUT2D eigenvalue weighted by Crippen LogP contribution is 2.08. The number of nitrogens with zero attached hydrogens (tertiary/aromatic N) is 1. The average molecular weight is 258 g/mol. The number of hydrogen-bond acceptors (Lipinski definition) is 2. The summed E-state index contributed by atoms with van der Waals surface area (Å²) in [5.74, 6) is -0.352. The maximum absolute atomic E-state index is 13.4. The second kappa shape index (κ2) is 6.64. The van der Waals surface area contributed by atoms with Crippen molar-refractivity contribution in [3.8, 4) is 0 Å². The van der Waals surface area contributed by atoms with Crippen molar-refractivity contribution in [1.82, 2.24) is 10.3 Å². The van der Waals surface area contributed by atoms with Gasteiger partial charge in [0.2, 0.25) is 5.91 Å². The van der Waals surface area contributed by atoms with Gasteiger partial charge in [0.25, 0.3) is 0 Å². The molecule has 1 amide bonds. The maximum Gasteiger partial charge on any atom is 0.220 e. The number of amides is 1. The molecule has 0 aliphatic carbocycles. The van der Waals surface area contributed by atoms with Crippen molar-refractivity contribution >= 4 is 5.91 Å². The van der Waals surface area contributed by atoms with Gasteiger partial charge in [-0.3, -0.25) is 9.78 Å². The normalized spacial score (nSPS) is 10.2. The molecule has 0 aliphatic heterocycles. The summed E-state index contributed by atoms with van der Waals surface area (Å²) in [4.78, 5) is 15.6. The van der Waals surface area contributed by atoms with E-state index in [1.54, 1.807) is 30.6 Å². The molecule has 0 spiro atoms. The number of nitrogens with one attached hydrogen (secondary N) is 1. The van der Waals surface area contributed by atoms with Crippen molar-refractivity contribution in [3.05, 3.63) is 65.7 Å². The van der Waals surface area contributed by atoms with Crippen LogP contribution >= 0.6 is 0 Å². The lowest BCUT2D eigenvalue weighted by molar-refractivity contribution is -0.121. The molecule has 2 rings (SSSR count). The lowest BCUT2D eigenvalue weighted by Gasteiger charge is -2.05. The van der Waals surface area contributed by atoms with E-state index in [2.05, 4.69) is 10.3 Å². The van der Waals surface area contributed by atoms with E-state index in [0.29, 0.717) is 18.5 Å². The Morgan fingerprint density at radius 1 is 1.21 bits per heavy atom. The number of rotatable bonds is 5. The van der Waals surface area contributed by atoms with Crippen LogP contribution < -0.4 is 5.32 Å². The van der Waals surface area contributed by atoms with E-state index in [9.17, 15) is 9.18 Å². The van der Waals surface area contributed by atoms with Crippen molar-refractivity contribution in [1.29, 1.82) is 0 Å². The Labute approximate surface area is 111 Å². The highest BCUT2D eigenvalue weighted by molar-refractivity contribution is 5.76. The third-order valence-electron chi connectivity index (χ3n) is 2.79. The van der Waals surface area contributed by atoms with Crippen LogP contribution in [0.5, 0.6) is 0 Å². The number of halogens is 1. The zero-order valence-electron chi connectivity index (χ0n) is 10.5. The lowest BCUT2D eigenvalue weighted by Crippen LogP contribution is -2.23. The van der Waals surface area contributed by atoms with Gasteiger partial charge >= 0.3 is 0 Å². The van der Waals surface area contributed by atoms with Crippen LogP contribution in [0, 0.1) is 5.82 Å². The molecule has 0 atom stereocenters. The van der Waals surface area contributed by atoms with E-state index in [4.69, 9.17) is 0 Å². The molecule has 2 aromatic rings. The molecule has 1 aromatic carbocycles. The van der Waals surface area contributed by atoms with Gasteiger partial charge in [-0.05, 0) is 29.7 Å². The molecule has 0 aliphatic rings. The number of carbonyl (C=O) groups is 1. The third kappa shape index (κ3) is 4.17. The average Bonchev–Trinajstić information content (AvgIpc) is 2.45. The van der Waals surface area contributed by atoms with Gasteiger partial charge in [-0.15, -0.1) is 0 Å². The van der Waals surface area contributed by atoms with Crippen molar-refractivity contribution < 1.29 is 9.18 Å². The Kier molecular flexibility index (Phi) is 4.61. The SMILES string of the molecule is O=C(CCc1ccccc1F)NCc1cccnc1. The van der Waals surface area contributed by atoms with Crippen LogP contribution in [0.2, 0.25) is 0 Å². The van der Waals surface area contributed by atoms with E-state index in [1.165, 1.54) is 6.07 Å². The zero-order chi connectivity index (χ0) is 13.5. The van der Waals surface area contributed by atoms with Crippen LogP contribution in [0.3, 0.4) is 0 Å². The topological polar surface area (TPSA) is 42.0 Å². The minimum Gasteiger partial charge on any atom is -0.352 e. The summed E-state index contributed by atoms with van der Waals surface area (Å²) in [5.41, 5.74) is 1.51. The summed E-state index contributed by atoms with van der Waals surface area (Å²) in [6.07, 6.45) is 4.08. The van der Waals surface area contributed by atoms with E-state index in [1.807, 2.05) is 12.1 Å². The smallest absolute Gasteiger partial charge is 0.220 e. The highest BCUT2D eigenvalue weighted by Gasteiger charge is 2.05. The molecule has 4 heteroatoms. The molecule has 0 unspecified atom stereocenters. The molecule has 0 saturated heterocycles. The summed E-state index contributed by atoms with van der Waals surface area (Å²) >= 11 is 0. The molecule has 0 fully saturated rings. The Hall–Kier alpha value is -2.23. The van der Waals surface area contributed by atoms with Gasteiger partial charge in [-0.1, -0.05) is 24.3 Å². The molecule has 1 heterocycles. The maximum atomic E-state index is 13.4. The molecular formula is C15H15FN2O. The Morgan fingerprint density at radius 3 is 2.79 bits per heavy atom. The van der Waals surface area contributed by atoms with E-state index < -0.39 is 0 Å². The Balaban J connectivity index is 1.78. The van der Waals surface area contributed by atoms with Gasteiger partial charge in [0.05, 0.1) is 0 Å². The molecule has 19 heavy (non-hydrogen) atoms. The molecule has 0 radical (unpaired) electrons. The number of pyridine rings is 1. The number of benzene rings is 1.